The molecule has 0 spiro atoms. The van der Waals surface area contributed by atoms with Crippen molar-refractivity contribution in [3.63, 3.8) is 0 Å². The summed E-state index contributed by atoms with van der Waals surface area (Å²) in [5.74, 6) is -1.81. The minimum absolute atomic E-state index is 0.0228. The van der Waals surface area contributed by atoms with Crippen molar-refractivity contribution < 1.29 is 23.1 Å². The Balaban J connectivity index is 1.91. The molecule has 1 amide bonds. The smallest absolute Gasteiger partial charge is 0.321 e. The number of carbonyl (C=O) groups excluding carboxylic acids is 1. The Bertz CT molecular complexity index is 1420. The van der Waals surface area contributed by atoms with Gasteiger partial charge in [-0.1, -0.05) is 35.3 Å². The lowest BCUT2D eigenvalue weighted by atomic mass is 9.92. The Morgan fingerprint density at radius 3 is 2.37 bits per heavy atom. The van der Waals surface area contributed by atoms with Crippen LogP contribution in [0.25, 0.3) is 0 Å². The molecule has 0 unspecified atom stereocenters. The van der Waals surface area contributed by atoms with Crippen molar-refractivity contribution in [3.05, 3.63) is 64.3 Å². The number of hydrogen-bond acceptors (Lipinski definition) is 6. The molecular formula is C22H21Cl2N5O5S. The van der Waals surface area contributed by atoms with E-state index >= 15 is 0 Å². The quantitative estimate of drug-likeness (QED) is 0.392. The van der Waals surface area contributed by atoms with Crippen molar-refractivity contribution in [2.24, 2.45) is 0 Å². The highest BCUT2D eigenvalue weighted by Crippen LogP contribution is 2.44. The number of nitrogen functional groups attached to an aromatic ring is 1. The number of fused-ring (bicyclic) bond motifs is 1. The van der Waals surface area contributed by atoms with Crippen LogP contribution in [-0.2, 0) is 31.6 Å². The van der Waals surface area contributed by atoms with Gasteiger partial charge in [0.05, 0.1) is 11.9 Å². The summed E-state index contributed by atoms with van der Waals surface area (Å²) in [5.41, 5.74) is 5.88. The number of amides is 1. The van der Waals surface area contributed by atoms with Gasteiger partial charge in [0, 0.05) is 22.2 Å². The number of aliphatic carboxylic acids is 1. The molecule has 0 fully saturated rings. The number of halogens is 2. The first-order valence-electron chi connectivity index (χ1n) is 10.3. The third kappa shape index (κ3) is 4.47. The molecule has 1 aliphatic rings. The van der Waals surface area contributed by atoms with E-state index in [0.29, 0.717) is 11.4 Å². The van der Waals surface area contributed by atoms with Gasteiger partial charge in [-0.05, 0) is 49.7 Å². The van der Waals surface area contributed by atoms with E-state index in [9.17, 15) is 23.1 Å². The van der Waals surface area contributed by atoms with Crippen LogP contribution in [-0.4, -0.2) is 41.0 Å². The summed E-state index contributed by atoms with van der Waals surface area (Å²) < 4.78 is 29.8. The number of rotatable bonds is 7. The molecule has 35 heavy (non-hydrogen) atoms. The van der Waals surface area contributed by atoms with Crippen molar-refractivity contribution in [2.45, 2.75) is 36.9 Å². The maximum absolute atomic E-state index is 13.9. The molecule has 0 radical (unpaired) electrons. The molecule has 2 atom stereocenters. The fourth-order valence-corrected chi connectivity index (χ4v) is 5.91. The number of imidazole rings is 1. The van der Waals surface area contributed by atoms with Crippen LogP contribution < -0.4 is 15.4 Å². The Labute approximate surface area is 211 Å². The van der Waals surface area contributed by atoms with E-state index in [1.54, 1.807) is 31.2 Å². The summed E-state index contributed by atoms with van der Waals surface area (Å²) in [6.07, 6.45) is 1.18. The topological polar surface area (TPSA) is 148 Å². The fourth-order valence-electron chi connectivity index (χ4n) is 4.00. The second-order valence-corrected chi connectivity index (χ2v) is 10.9. The second-order valence-electron chi connectivity index (χ2n) is 8.37. The SMILES string of the molecule is C[C@H](NS(=O)(=O)c1cnc2n1[C@](C)(Cc1ccc(N)cc1)C(=O)N2c1cc(Cl)cc(Cl)c1)C(=O)O. The van der Waals surface area contributed by atoms with Crippen LogP contribution in [0.1, 0.15) is 19.4 Å². The number of carboxylic acid groups (broad SMARTS) is 1. The van der Waals surface area contributed by atoms with Gasteiger partial charge in [-0.25, -0.2) is 18.3 Å². The molecule has 10 nitrogen and oxygen atoms in total. The molecule has 184 valence electrons. The number of nitrogens with two attached hydrogens (primary N) is 1. The van der Waals surface area contributed by atoms with E-state index < -0.39 is 33.5 Å². The molecule has 1 aliphatic heterocycles. The first-order valence-corrected chi connectivity index (χ1v) is 12.6. The Morgan fingerprint density at radius 2 is 1.80 bits per heavy atom. The molecule has 2 aromatic carbocycles. The van der Waals surface area contributed by atoms with Crippen LogP contribution in [0.4, 0.5) is 17.3 Å². The van der Waals surface area contributed by atoms with Gasteiger partial charge in [0.25, 0.3) is 15.9 Å². The van der Waals surface area contributed by atoms with E-state index in [-0.39, 0.29) is 27.4 Å². The Morgan fingerprint density at radius 1 is 1.20 bits per heavy atom. The van der Waals surface area contributed by atoms with E-state index in [4.69, 9.17) is 28.9 Å². The van der Waals surface area contributed by atoms with Gasteiger partial charge in [0.1, 0.15) is 11.6 Å². The standard InChI is InChI=1S/C22H21Cl2N5O5S/c1-12(19(30)31)27-35(33,34)18-11-26-21-28(17-8-14(23)7-15(24)9-17)20(32)22(2,29(18)21)10-13-3-5-16(25)6-4-13/h3-9,11-12,27H,10,25H2,1-2H3,(H,30,31)/t12-,22+/m0/s1. The van der Waals surface area contributed by atoms with Crippen LogP contribution >= 0.6 is 23.2 Å². The minimum atomic E-state index is -4.38. The lowest BCUT2D eigenvalue weighted by Crippen LogP contribution is -2.44. The maximum Gasteiger partial charge on any atom is 0.321 e. The Kier molecular flexibility index (Phi) is 6.30. The van der Waals surface area contributed by atoms with Crippen LogP contribution in [0, 0.1) is 0 Å². The zero-order valence-electron chi connectivity index (χ0n) is 18.6. The molecule has 2 heterocycles. The predicted molar refractivity (Wildman–Crippen MR) is 131 cm³/mol. The number of carbonyl (C=O) groups is 2. The highest BCUT2D eigenvalue weighted by Gasteiger charge is 2.52. The number of sulfonamides is 1. The van der Waals surface area contributed by atoms with Crippen molar-refractivity contribution >= 4 is 62.4 Å². The average Bonchev–Trinajstić information content (AvgIpc) is 3.28. The molecule has 4 rings (SSSR count). The van der Waals surface area contributed by atoms with E-state index in [0.717, 1.165) is 11.8 Å². The largest absolute Gasteiger partial charge is 0.480 e. The van der Waals surface area contributed by atoms with E-state index in [1.165, 1.54) is 34.6 Å². The Hall–Kier alpha value is -3.12. The van der Waals surface area contributed by atoms with Crippen LogP contribution in [0.2, 0.25) is 10.0 Å². The number of hydrogen-bond donors (Lipinski definition) is 3. The summed E-state index contributed by atoms with van der Waals surface area (Å²) in [7, 11) is -4.38. The van der Waals surface area contributed by atoms with E-state index in [1.807, 2.05) is 0 Å². The van der Waals surface area contributed by atoms with Gasteiger partial charge in [0.2, 0.25) is 5.95 Å². The second kappa shape index (κ2) is 8.83. The molecule has 0 saturated heterocycles. The average molecular weight is 538 g/mol. The highest BCUT2D eigenvalue weighted by molar-refractivity contribution is 7.89. The summed E-state index contributed by atoms with van der Waals surface area (Å²) in [5, 5.41) is 9.38. The minimum Gasteiger partial charge on any atom is -0.480 e. The predicted octanol–water partition coefficient (Wildman–Crippen LogP) is 3.16. The van der Waals surface area contributed by atoms with Crippen molar-refractivity contribution in [3.8, 4) is 0 Å². The zero-order chi connectivity index (χ0) is 25.7. The van der Waals surface area contributed by atoms with E-state index in [2.05, 4.69) is 9.71 Å². The van der Waals surface area contributed by atoms with Gasteiger partial charge in [0.15, 0.2) is 5.03 Å². The van der Waals surface area contributed by atoms with Crippen molar-refractivity contribution in [1.29, 1.82) is 0 Å². The third-order valence-electron chi connectivity index (χ3n) is 5.68. The molecule has 1 aromatic heterocycles. The molecule has 0 aliphatic carbocycles. The number of aromatic nitrogens is 2. The number of nitrogens with one attached hydrogen (secondary N) is 1. The van der Waals surface area contributed by atoms with Crippen molar-refractivity contribution in [2.75, 3.05) is 10.6 Å². The van der Waals surface area contributed by atoms with Crippen LogP contribution in [0.3, 0.4) is 0 Å². The van der Waals surface area contributed by atoms with Crippen LogP contribution in [0.15, 0.2) is 53.7 Å². The molecule has 4 N–H and O–H groups in total. The molecule has 0 saturated carbocycles. The van der Waals surface area contributed by atoms with Gasteiger partial charge < -0.3 is 10.8 Å². The third-order valence-corrected chi connectivity index (χ3v) is 7.62. The van der Waals surface area contributed by atoms with Crippen molar-refractivity contribution in [1.82, 2.24) is 14.3 Å². The summed E-state index contributed by atoms with van der Waals surface area (Å²) in [4.78, 5) is 30.7. The zero-order valence-corrected chi connectivity index (χ0v) is 20.9. The molecule has 3 aromatic rings. The molecule has 0 bridgehead atoms. The number of anilines is 3. The summed E-state index contributed by atoms with van der Waals surface area (Å²) >= 11 is 12.3. The first-order chi connectivity index (χ1) is 16.3. The highest BCUT2D eigenvalue weighted by atomic mass is 35.5. The first kappa shape index (κ1) is 25.0. The van der Waals surface area contributed by atoms with Gasteiger partial charge in [-0.2, -0.15) is 4.72 Å². The number of carboxylic acids is 1. The number of benzene rings is 2. The summed E-state index contributed by atoms with van der Waals surface area (Å²) in [6, 6.07) is 9.95. The fraction of sp³-hybridized carbons (Fsp3) is 0.227. The summed E-state index contributed by atoms with van der Waals surface area (Å²) in [6.45, 7) is 2.78. The lowest BCUT2D eigenvalue weighted by Gasteiger charge is -2.27. The normalized spacial score (nSPS) is 18.5. The van der Waals surface area contributed by atoms with Gasteiger partial charge >= 0.3 is 5.97 Å². The van der Waals surface area contributed by atoms with Gasteiger partial charge in [-0.15, -0.1) is 0 Å². The molecular weight excluding hydrogens is 517 g/mol. The number of nitrogens with zero attached hydrogens (tertiary/aromatic N) is 3. The molecule has 13 heteroatoms. The monoisotopic (exact) mass is 537 g/mol. The van der Waals surface area contributed by atoms with Gasteiger partial charge in [-0.3, -0.25) is 14.2 Å². The lowest BCUT2D eigenvalue weighted by molar-refractivity contribution is -0.138. The van der Waals surface area contributed by atoms with Crippen LogP contribution in [0.5, 0.6) is 0 Å². The maximum atomic E-state index is 13.9.